The Kier molecular flexibility index (Phi) is 3.59. The lowest BCUT2D eigenvalue weighted by Crippen LogP contribution is -2.09. The monoisotopic (exact) mass is 356 g/mol. The third-order valence-electron chi connectivity index (χ3n) is 3.64. The van der Waals surface area contributed by atoms with Crippen molar-refractivity contribution < 1.29 is 0 Å². The molecule has 0 saturated carbocycles. The molecule has 2 heterocycles. The molecule has 0 aliphatic carbocycles. The van der Waals surface area contributed by atoms with Crippen molar-refractivity contribution in [3.05, 3.63) is 75.1 Å². The zero-order valence-electron chi connectivity index (χ0n) is 12.2. The number of rotatable bonds is 2. The number of hydrogen-bond donors (Lipinski definition) is 1. The Morgan fingerprint density at radius 2 is 1.79 bits per heavy atom. The summed E-state index contributed by atoms with van der Waals surface area (Å²) in [6.07, 6.45) is 1.77. The first-order chi connectivity index (χ1) is 11.6. The highest BCUT2D eigenvalue weighted by Gasteiger charge is 2.13. The maximum Gasteiger partial charge on any atom is 0.292 e. The zero-order chi connectivity index (χ0) is 16.7. The van der Waals surface area contributed by atoms with Crippen molar-refractivity contribution in [2.24, 2.45) is 0 Å². The summed E-state index contributed by atoms with van der Waals surface area (Å²) in [6.45, 7) is 0. The van der Waals surface area contributed by atoms with Gasteiger partial charge in [0.15, 0.2) is 5.52 Å². The van der Waals surface area contributed by atoms with E-state index in [1.165, 1.54) is 0 Å². The highest BCUT2D eigenvalue weighted by molar-refractivity contribution is 6.31. The van der Waals surface area contributed by atoms with Gasteiger partial charge in [0.25, 0.3) is 5.56 Å². The van der Waals surface area contributed by atoms with Crippen molar-refractivity contribution >= 4 is 34.1 Å². The zero-order valence-corrected chi connectivity index (χ0v) is 13.7. The van der Waals surface area contributed by atoms with Gasteiger partial charge in [0.1, 0.15) is 5.69 Å². The number of fused-ring (bicyclic) bond motifs is 1. The van der Waals surface area contributed by atoms with Crippen LogP contribution in [-0.4, -0.2) is 20.0 Å². The molecule has 0 aliphatic heterocycles. The van der Waals surface area contributed by atoms with Crippen molar-refractivity contribution in [2.75, 3.05) is 0 Å². The molecular formula is C17H10Cl2N4O. The highest BCUT2D eigenvalue weighted by Crippen LogP contribution is 2.26. The Hall–Kier alpha value is -2.63. The number of nitrogens with zero attached hydrogens (tertiary/aromatic N) is 3. The molecule has 0 bridgehead atoms. The number of halogens is 2. The minimum absolute atomic E-state index is 0.315. The van der Waals surface area contributed by atoms with E-state index in [1.54, 1.807) is 35.1 Å². The summed E-state index contributed by atoms with van der Waals surface area (Å²) in [5.41, 5.74) is 2.21. The normalized spacial score (nSPS) is 11.1. The van der Waals surface area contributed by atoms with Crippen LogP contribution in [0.5, 0.6) is 0 Å². The van der Waals surface area contributed by atoms with Gasteiger partial charge >= 0.3 is 0 Å². The Bertz CT molecular complexity index is 1100. The fourth-order valence-electron chi connectivity index (χ4n) is 2.51. The minimum atomic E-state index is -0.344. The molecule has 0 radical (unpaired) electrons. The first kappa shape index (κ1) is 14.9. The van der Waals surface area contributed by atoms with Gasteiger partial charge in [-0.05, 0) is 30.3 Å². The summed E-state index contributed by atoms with van der Waals surface area (Å²) in [7, 11) is 0. The predicted octanol–water partition coefficient (Wildman–Crippen LogP) is 4.08. The maximum atomic E-state index is 12.1. The van der Waals surface area contributed by atoms with E-state index in [0.29, 0.717) is 26.6 Å². The van der Waals surface area contributed by atoms with Gasteiger partial charge in [0.05, 0.1) is 11.1 Å². The molecule has 1 N–H and O–H groups in total. The second-order valence-electron chi connectivity index (χ2n) is 5.22. The smallest absolute Gasteiger partial charge is 0.265 e. The van der Waals surface area contributed by atoms with E-state index in [0.717, 1.165) is 11.3 Å². The standard InChI is InChI=1S/C17H10Cl2N4O/c18-11-6-4-10(5-7-11)15-14-9-23(13-3-1-2-12(19)8-13)22-16(14)17(24)21-20-15/h1-9H,(H,21,24). The first-order valence-electron chi connectivity index (χ1n) is 7.12. The number of aromatic nitrogens is 4. The average Bonchev–Trinajstić information content (AvgIpc) is 3.03. The topological polar surface area (TPSA) is 63.6 Å². The van der Waals surface area contributed by atoms with Gasteiger partial charge in [-0.3, -0.25) is 4.79 Å². The van der Waals surface area contributed by atoms with E-state index >= 15 is 0 Å². The quantitative estimate of drug-likeness (QED) is 0.588. The highest BCUT2D eigenvalue weighted by atomic mass is 35.5. The van der Waals surface area contributed by atoms with Crippen LogP contribution in [0.15, 0.2) is 59.5 Å². The van der Waals surface area contributed by atoms with Crippen molar-refractivity contribution in [1.29, 1.82) is 0 Å². The van der Waals surface area contributed by atoms with Crippen LogP contribution in [0.3, 0.4) is 0 Å². The molecule has 118 valence electrons. The molecule has 2 aromatic heterocycles. The van der Waals surface area contributed by atoms with Crippen LogP contribution >= 0.6 is 23.2 Å². The Balaban J connectivity index is 1.95. The number of nitrogens with one attached hydrogen (secondary N) is 1. The van der Waals surface area contributed by atoms with Crippen LogP contribution in [0.2, 0.25) is 10.0 Å². The summed E-state index contributed by atoms with van der Waals surface area (Å²) in [4.78, 5) is 12.1. The average molecular weight is 357 g/mol. The van der Waals surface area contributed by atoms with Gasteiger partial charge in [0.2, 0.25) is 0 Å². The fourth-order valence-corrected chi connectivity index (χ4v) is 2.82. The lowest BCUT2D eigenvalue weighted by Gasteiger charge is -2.01. The molecule has 7 heteroatoms. The van der Waals surface area contributed by atoms with E-state index in [1.807, 2.05) is 24.3 Å². The molecule has 0 aliphatic rings. The van der Waals surface area contributed by atoms with Crippen molar-refractivity contribution in [1.82, 2.24) is 20.0 Å². The van der Waals surface area contributed by atoms with Gasteiger partial charge in [0, 0.05) is 21.8 Å². The van der Waals surface area contributed by atoms with Crippen LogP contribution in [0.25, 0.3) is 27.8 Å². The summed E-state index contributed by atoms with van der Waals surface area (Å²) in [5, 5.41) is 12.9. The van der Waals surface area contributed by atoms with Gasteiger partial charge in [-0.2, -0.15) is 10.2 Å². The van der Waals surface area contributed by atoms with Gasteiger partial charge in [-0.1, -0.05) is 41.4 Å². The summed E-state index contributed by atoms with van der Waals surface area (Å²) in [5.74, 6) is 0. The molecule has 0 spiro atoms. The molecule has 24 heavy (non-hydrogen) atoms. The minimum Gasteiger partial charge on any atom is -0.265 e. The lowest BCUT2D eigenvalue weighted by molar-refractivity contribution is 0.891. The molecule has 0 saturated heterocycles. The van der Waals surface area contributed by atoms with Gasteiger partial charge in [-0.15, -0.1) is 0 Å². The molecule has 0 atom stereocenters. The predicted molar refractivity (Wildman–Crippen MR) is 94.9 cm³/mol. The van der Waals surface area contributed by atoms with Crippen LogP contribution in [0.4, 0.5) is 0 Å². The van der Waals surface area contributed by atoms with E-state index in [4.69, 9.17) is 23.2 Å². The third-order valence-corrected chi connectivity index (χ3v) is 4.13. The molecular weight excluding hydrogens is 347 g/mol. The Morgan fingerprint density at radius 3 is 2.54 bits per heavy atom. The van der Waals surface area contributed by atoms with Crippen molar-refractivity contribution in [3.8, 4) is 16.9 Å². The van der Waals surface area contributed by atoms with E-state index in [2.05, 4.69) is 15.3 Å². The summed E-state index contributed by atoms with van der Waals surface area (Å²) in [6, 6.07) is 14.5. The number of hydrogen-bond acceptors (Lipinski definition) is 3. The molecule has 0 fully saturated rings. The fraction of sp³-hybridized carbons (Fsp3) is 0. The lowest BCUT2D eigenvalue weighted by atomic mass is 10.1. The number of benzene rings is 2. The van der Waals surface area contributed by atoms with Crippen LogP contribution in [0, 0.1) is 0 Å². The van der Waals surface area contributed by atoms with E-state index < -0.39 is 0 Å². The summed E-state index contributed by atoms with van der Waals surface area (Å²) < 4.78 is 1.62. The molecule has 0 unspecified atom stereocenters. The SMILES string of the molecule is O=c1[nH]nc(-c2ccc(Cl)cc2)c2cn(-c3cccc(Cl)c3)nc12. The van der Waals surface area contributed by atoms with E-state index in [9.17, 15) is 4.79 Å². The number of aromatic amines is 1. The van der Waals surface area contributed by atoms with Crippen molar-refractivity contribution in [2.45, 2.75) is 0 Å². The largest absolute Gasteiger partial charge is 0.292 e. The van der Waals surface area contributed by atoms with Crippen LogP contribution in [0.1, 0.15) is 0 Å². The number of H-pyrrole nitrogens is 1. The van der Waals surface area contributed by atoms with Gasteiger partial charge in [-0.25, -0.2) is 9.78 Å². The first-order valence-corrected chi connectivity index (χ1v) is 7.87. The Morgan fingerprint density at radius 1 is 1.00 bits per heavy atom. The second kappa shape index (κ2) is 5.78. The second-order valence-corrected chi connectivity index (χ2v) is 6.10. The molecule has 0 amide bonds. The maximum absolute atomic E-state index is 12.1. The van der Waals surface area contributed by atoms with Crippen LogP contribution in [-0.2, 0) is 0 Å². The molecule has 2 aromatic carbocycles. The van der Waals surface area contributed by atoms with Crippen LogP contribution < -0.4 is 5.56 Å². The molecule has 4 aromatic rings. The van der Waals surface area contributed by atoms with Gasteiger partial charge < -0.3 is 0 Å². The summed E-state index contributed by atoms with van der Waals surface area (Å²) >= 11 is 12.0. The Labute approximate surface area is 146 Å². The third kappa shape index (κ3) is 2.58. The van der Waals surface area contributed by atoms with E-state index in [-0.39, 0.29) is 5.56 Å². The van der Waals surface area contributed by atoms with Crippen molar-refractivity contribution in [3.63, 3.8) is 0 Å². The molecule has 5 nitrogen and oxygen atoms in total. The molecule has 4 rings (SSSR count).